The fourth-order valence-corrected chi connectivity index (χ4v) is 2.39. The standard InChI is InChI=1S/C12H17F/c1-8-6-7-9(2)12(13)11(8)10-4-3-5-10/h6-7,10-12H,3-5H2,1-2H3. The zero-order chi connectivity index (χ0) is 9.42. The van der Waals surface area contributed by atoms with Gasteiger partial charge in [0.15, 0.2) is 0 Å². The summed E-state index contributed by atoms with van der Waals surface area (Å²) in [5.41, 5.74) is 2.14. The van der Waals surface area contributed by atoms with Crippen molar-refractivity contribution in [3.8, 4) is 0 Å². The molecule has 13 heavy (non-hydrogen) atoms. The molecule has 2 rings (SSSR count). The average Bonchev–Trinajstić information content (AvgIpc) is 2.02. The molecule has 0 radical (unpaired) electrons. The van der Waals surface area contributed by atoms with Crippen molar-refractivity contribution < 1.29 is 4.39 Å². The molecule has 0 nitrogen and oxygen atoms in total. The molecule has 0 aliphatic heterocycles. The predicted octanol–water partition coefficient (Wildman–Crippen LogP) is 3.65. The van der Waals surface area contributed by atoms with E-state index in [0.29, 0.717) is 5.92 Å². The molecule has 0 saturated heterocycles. The maximum Gasteiger partial charge on any atom is 0.128 e. The van der Waals surface area contributed by atoms with Crippen LogP contribution in [-0.4, -0.2) is 6.17 Å². The lowest BCUT2D eigenvalue weighted by atomic mass is 9.68. The second-order valence-electron chi connectivity index (χ2n) is 4.44. The van der Waals surface area contributed by atoms with Crippen molar-refractivity contribution in [2.24, 2.45) is 11.8 Å². The highest BCUT2D eigenvalue weighted by Crippen LogP contribution is 2.43. The fourth-order valence-electron chi connectivity index (χ4n) is 2.39. The summed E-state index contributed by atoms with van der Waals surface area (Å²) in [4.78, 5) is 0. The molecule has 0 spiro atoms. The Labute approximate surface area is 79.5 Å². The zero-order valence-electron chi connectivity index (χ0n) is 8.39. The molecule has 72 valence electrons. The Morgan fingerprint density at radius 2 is 1.77 bits per heavy atom. The lowest BCUT2D eigenvalue weighted by Gasteiger charge is -2.38. The van der Waals surface area contributed by atoms with Gasteiger partial charge in [-0.2, -0.15) is 0 Å². The van der Waals surface area contributed by atoms with Crippen molar-refractivity contribution in [2.75, 3.05) is 0 Å². The van der Waals surface area contributed by atoms with Crippen molar-refractivity contribution in [2.45, 2.75) is 39.3 Å². The van der Waals surface area contributed by atoms with E-state index in [1.165, 1.54) is 24.8 Å². The Morgan fingerprint density at radius 3 is 2.31 bits per heavy atom. The van der Waals surface area contributed by atoms with Gasteiger partial charge in [0.2, 0.25) is 0 Å². The summed E-state index contributed by atoms with van der Waals surface area (Å²) in [5, 5.41) is 0. The van der Waals surface area contributed by atoms with Gasteiger partial charge in [-0.05, 0) is 38.2 Å². The van der Waals surface area contributed by atoms with E-state index in [2.05, 4.69) is 13.0 Å². The van der Waals surface area contributed by atoms with Gasteiger partial charge < -0.3 is 0 Å². The minimum Gasteiger partial charge on any atom is -0.242 e. The van der Waals surface area contributed by atoms with E-state index < -0.39 is 6.17 Å². The predicted molar refractivity (Wildman–Crippen MR) is 53.2 cm³/mol. The largest absolute Gasteiger partial charge is 0.242 e. The van der Waals surface area contributed by atoms with Crippen molar-refractivity contribution >= 4 is 0 Å². The van der Waals surface area contributed by atoms with Gasteiger partial charge in [-0.15, -0.1) is 0 Å². The summed E-state index contributed by atoms with van der Waals surface area (Å²) < 4.78 is 13.9. The molecule has 0 bridgehead atoms. The Hall–Kier alpha value is -0.590. The molecule has 1 heteroatoms. The maximum absolute atomic E-state index is 13.9. The van der Waals surface area contributed by atoms with Crippen LogP contribution in [0.5, 0.6) is 0 Å². The monoisotopic (exact) mass is 180 g/mol. The molecule has 1 saturated carbocycles. The van der Waals surface area contributed by atoms with Crippen LogP contribution in [0.4, 0.5) is 4.39 Å². The molecule has 0 heterocycles. The zero-order valence-corrected chi connectivity index (χ0v) is 8.39. The molecular formula is C12H17F. The highest BCUT2D eigenvalue weighted by atomic mass is 19.1. The van der Waals surface area contributed by atoms with Crippen LogP contribution in [0, 0.1) is 11.8 Å². The number of allylic oxidation sites excluding steroid dienone is 4. The number of rotatable bonds is 1. The number of halogens is 1. The smallest absolute Gasteiger partial charge is 0.128 e. The average molecular weight is 180 g/mol. The van der Waals surface area contributed by atoms with Gasteiger partial charge in [0.25, 0.3) is 0 Å². The number of hydrogen-bond donors (Lipinski definition) is 0. The minimum atomic E-state index is -0.713. The molecule has 0 aromatic carbocycles. The quantitative estimate of drug-likeness (QED) is 0.578. The van der Waals surface area contributed by atoms with Crippen LogP contribution in [0.1, 0.15) is 33.1 Å². The van der Waals surface area contributed by atoms with Gasteiger partial charge in [-0.25, -0.2) is 4.39 Å². The second-order valence-corrected chi connectivity index (χ2v) is 4.44. The summed E-state index contributed by atoms with van der Waals surface area (Å²) in [7, 11) is 0. The molecule has 2 atom stereocenters. The summed E-state index contributed by atoms with van der Waals surface area (Å²) >= 11 is 0. The van der Waals surface area contributed by atoms with Gasteiger partial charge in [-0.1, -0.05) is 24.1 Å². The van der Waals surface area contributed by atoms with Gasteiger partial charge in [0, 0.05) is 5.92 Å². The Bertz CT molecular complexity index is 258. The summed E-state index contributed by atoms with van der Waals surface area (Å²) in [6.45, 7) is 3.97. The Morgan fingerprint density at radius 1 is 1.15 bits per heavy atom. The first kappa shape index (κ1) is 8.98. The van der Waals surface area contributed by atoms with E-state index in [9.17, 15) is 4.39 Å². The van der Waals surface area contributed by atoms with Gasteiger partial charge >= 0.3 is 0 Å². The third kappa shape index (κ3) is 1.45. The summed E-state index contributed by atoms with van der Waals surface area (Å²) in [6.07, 6.45) is 7.05. The molecule has 0 N–H and O–H groups in total. The third-order valence-corrected chi connectivity index (χ3v) is 3.54. The lowest BCUT2D eigenvalue weighted by molar-refractivity contribution is 0.154. The molecule has 2 aliphatic carbocycles. The van der Waals surface area contributed by atoms with Crippen molar-refractivity contribution in [1.82, 2.24) is 0 Å². The Balaban J connectivity index is 2.17. The van der Waals surface area contributed by atoms with Gasteiger partial charge in [-0.3, -0.25) is 0 Å². The first-order valence-electron chi connectivity index (χ1n) is 5.19. The van der Waals surface area contributed by atoms with Crippen LogP contribution in [0.15, 0.2) is 23.3 Å². The van der Waals surface area contributed by atoms with Crippen molar-refractivity contribution in [3.63, 3.8) is 0 Å². The van der Waals surface area contributed by atoms with Crippen LogP contribution in [0.2, 0.25) is 0 Å². The van der Waals surface area contributed by atoms with Crippen molar-refractivity contribution in [3.05, 3.63) is 23.3 Å². The van der Waals surface area contributed by atoms with E-state index in [4.69, 9.17) is 0 Å². The normalized spacial score (nSPS) is 35.0. The van der Waals surface area contributed by atoms with Crippen molar-refractivity contribution in [1.29, 1.82) is 0 Å². The molecule has 0 amide bonds. The van der Waals surface area contributed by atoms with Crippen LogP contribution in [0.25, 0.3) is 0 Å². The lowest BCUT2D eigenvalue weighted by Crippen LogP contribution is -2.32. The van der Waals surface area contributed by atoms with Gasteiger partial charge in [0.05, 0.1) is 0 Å². The topological polar surface area (TPSA) is 0 Å². The molecule has 0 aromatic heterocycles. The van der Waals surface area contributed by atoms with E-state index in [0.717, 1.165) is 5.57 Å². The van der Waals surface area contributed by atoms with Crippen LogP contribution < -0.4 is 0 Å². The molecule has 2 aliphatic rings. The molecule has 1 fully saturated rings. The van der Waals surface area contributed by atoms with E-state index in [1.54, 1.807) is 0 Å². The minimum absolute atomic E-state index is 0.193. The number of hydrogen-bond acceptors (Lipinski definition) is 0. The van der Waals surface area contributed by atoms with E-state index >= 15 is 0 Å². The summed E-state index contributed by atoms with van der Waals surface area (Å²) in [5.74, 6) is 0.814. The number of alkyl halides is 1. The van der Waals surface area contributed by atoms with E-state index in [1.807, 2.05) is 13.0 Å². The fraction of sp³-hybridized carbons (Fsp3) is 0.667. The van der Waals surface area contributed by atoms with Crippen LogP contribution in [-0.2, 0) is 0 Å². The molecular weight excluding hydrogens is 163 g/mol. The summed E-state index contributed by atoms with van der Waals surface area (Å²) in [6, 6.07) is 0. The second kappa shape index (κ2) is 3.28. The first-order chi connectivity index (χ1) is 6.20. The van der Waals surface area contributed by atoms with E-state index in [-0.39, 0.29) is 5.92 Å². The Kier molecular flexibility index (Phi) is 2.27. The molecule has 2 unspecified atom stereocenters. The highest BCUT2D eigenvalue weighted by Gasteiger charge is 2.36. The third-order valence-electron chi connectivity index (χ3n) is 3.54. The first-order valence-corrected chi connectivity index (χ1v) is 5.19. The molecule has 0 aromatic rings. The SMILES string of the molecule is CC1=CC=C(C)C(C2CCC2)C1F. The maximum atomic E-state index is 13.9. The van der Waals surface area contributed by atoms with Crippen LogP contribution >= 0.6 is 0 Å². The highest BCUT2D eigenvalue weighted by molar-refractivity contribution is 5.29. The van der Waals surface area contributed by atoms with Gasteiger partial charge in [0.1, 0.15) is 6.17 Å². The van der Waals surface area contributed by atoms with Crippen LogP contribution in [0.3, 0.4) is 0 Å².